The second-order valence-electron chi connectivity index (χ2n) is 7.04. The van der Waals surface area contributed by atoms with Crippen molar-refractivity contribution in [1.29, 1.82) is 0 Å². The van der Waals surface area contributed by atoms with Gasteiger partial charge in [0, 0.05) is 12.3 Å². The van der Waals surface area contributed by atoms with Crippen molar-refractivity contribution in [1.82, 2.24) is 5.06 Å². The van der Waals surface area contributed by atoms with Crippen LogP contribution in [0, 0.1) is 12.8 Å². The third-order valence-corrected chi connectivity index (χ3v) is 5.56. The summed E-state index contributed by atoms with van der Waals surface area (Å²) in [5, 5.41) is 1.73. The first-order chi connectivity index (χ1) is 11.1. The molecule has 3 atom stereocenters. The van der Waals surface area contributed by atoms with Gasteiger partial charge in [-0.1, -0.05) is 48.7 Å². The van der Waals surface area contributed by atoms with Crippen molar-refractivity contribution < 1.29 is 9.63 Å². The summed E-state index contributed by atoms with van der Waals surface area (Å²) >= 11 is 0. The number of carbonyl (C=O) groups is 1. The highest BCUT2D eigenvalue weighted by atomic mass is 16.7. The van der Waals surface area contributed by atoms with E-state index in [4.69, 9.17) is 4.84 Å². The molecule has 2 fully saturated rings. The summed E-state index contributed by atoms with van der Waals surface area (Å²) in [6, 6.07) is 8.34. The van der Waals surface area contributed by atoms with Crippen LogP contribution in [-0.4, -0.2) is 16.5 Å². The summed E-state index contributed by atoms with van der Waals surface area (Å²) in [6.45, 7) is 8.11. The first kappa shape index (κ1) is 16.3. The van der Waals surface area contributed by atoms with E-state index >= 15 is 0 Å². The first-order valence-electron chi connectivity index (χ1n) is 8.76. The molecular formula is C20H27NO2. The Morgan fingerprint density at radius 1 is 1.30 bits per heavy atom. The number of hydrogen-bond acceptors (Lipinski definition) is 2. The highest BCUT2D eigenvalue weighted by molar-refractivity contribution is 5.78. The normalized spacial score (nSPS) is 29.0. The quantitative estimate of drug-likeness (QED) is 0.752. The molecule has 3 nitrogen and oxygen atoms in total. The van der Waals surface area contributed by atoms with Crippen molar-refractivity contribution in [2.75, 3.05) is 0 Å². The minimum atomic E-state index is -0.171. The maximum Gasteiger partial charge on any atom is 0.246 e. The SMILES string of the molecule is C=CC1CCCCC12CCC(=O)N2OC(C)c1ccc(C)cc1. The van der Waals surface area contributed by atoms with Gasteiger partial charge in [-0.05, 0) is 38.7 Å². The number of carbonyl (C=O) groups excluding carboxylic acids is 1. The summed E-state index contributed by atoms with van der Waals surface area (Å²) in [6.07, 6.45) is 7.90. The van der Waals surface area contributed by atoms with Crippen molar-refractivity contribution in [2.24, 2.45) is 5.92 Å². The van der Waals surface area contributed by atoms with Crippen molar-refractivity contribution in [3.63, 3.8) is 0 Å². The van der Waals surface area contributed by atoms with Crippen LogP contribution in [0.3, 0.4) is 0 Å². The molecule has 1 amide bonds. The molecular weight excluding hydrogens is 286 g/mol. The Labute approximate surface area is 139 Å². The Bertz CT molecular complexity index is 580. The lowest BCUT2D eigenvalue weighted by atomic mass is 9.72. The van der Waals surface area contributed by atoms with E-state index < -0.39 is 0 Å². The number of nitrogens with zero attached hydrogens (tertiary/aromatic N) is 1. The molecule has 0 N–H and O–H groups in total. The lowest BCUT2D eigenvalue weighted by Crippen LogP contribution is -2.52. The number of amides is 1. The fourth-order valence-electron chi connectivity index (χ4n) is 4.14. The Morgan fingerprint density at radius 2 is 2.04 bits per heavy atom. The topological polar surface area (TPSA) is 29.5 Å². The molecule has 1 aliphatic heterocycles. The van der Waals surface area contributed by atoms with Crippen LogP contribution < -0.4 is 0 Å². The molecule has 124 valence electrons. The molecule has 1 saturated carbocycles. The van der Waals surface area contributed by atoms with Gasteiger partial charge < -0.3 is 0 Å². The predicted octanol–water partition coefficient (Wildman–Crippen LogP) is 4.73. The highest BCUT2D eigenvalue weighted by Gasteiger charge is 2.52. The van der Waals surface area contributed by atoms with E-state index in [9.17, 15) is 4.79 Å². The molecule has 0 aromatic heterocycles. The van der Waals surface area contributed by atoms with E-state index in [2.05, 4.69) is 37.8 Å². The monoisotopic (exact) mass is 313 g/mol. The third-order valence-electron chi connectivity index (χ3n) is 5.56. The average Bonchev–Trinajstić information content (AvgIpc) is 2.86. The zero-order chi connectivity index (χ0) is 16.4. The Balaban J connectivity index is 1.82. The second-order valence-corrected chi connectivity index (χ2v) is 7.04. The highest BCUT2D eigenvalue weighted by Crippen LogP contribution is 2.47. The largest absolute Gasteiger partial charge is 0.273 e. The Morgan fingerprint density at radius 3 is 2.74 bits per heavy atom. The molecule has 3 rings (SSSR count). The van der Waals surface area contributed by atoms with Gasteiger partial charge in [0.1, 0.15) is 6.10 Å². The minimum Gasteiger partial charge on any atom is -0.273 e. The van der Waals surface area contributed by atoms with Crippen LogP contribution in [0.25, 0.3) is 0 Å². The van der Waals surface area contributed by atoms with Gasteiger partial charge in [0.2, 0.25) is 5.91 Å². The van der Waals surface area contributed by atoms with Gasteiger partial charge >= 0.3 is 0 Å². The summed E-state index contributed by atoms with van der Waals surface area (Å²) in [7, 11) is 0. The maximum atomic E-state index is 12.5. The standard InChI is InChI=1S/C20H27NO2/c1-4-18-7-5-6-13-20(18)14-12-19(22)21(20)23-16(3)17-10-8-15(2)9-11-17/h4,8-11,16,18H,1,5-7,12-14H2,2-3H3. The number of aryl methyl sites for hydroxylation is 1. The summed E-state index contributed by atoms with van der Waals surface area (Å²) in [5.41, 5.74) is 2.17. The van der Waals surface area contributed by atoms with Crippen LogP contribution in [0.4, 0.5) is 0 Å². The zero-order valence-electron chi connectivity index (χ0n) is 14.3. The molecule has 1 heterocycles. The Hall–Kier alpha value is -1.61. The van der Waals surface area contributed by atoms with Crippen LogP contribution in [0.15, 0.2) is 36.9 Å². The summed E-state index contributed by atoms with van der Waals surface area (Å²) in [5.74, 6) is 0.464. The van der Waals surface area contributed by atoms with Crippen molar-refractivity contribution in [2.45, 2.75) is 64.0 Å². The maximum absolute atomic E-state index is 12.5. The smallest absolute Gasteiger partial charge is 0.246 e. The van der Waals surface area contributed by atoms with E-state index in [0.717, 1.165) is 31.2 Å². The van der Waals surface area contributed by atoms with E-state index in [1.54, 1.807) is 5.06 Å². The van der Waals surface area contributed by atoms with Gasteiger partial charge in [-0.25, -0.2) is 5.06 Å². The number of hydroxylamine groups is 2. The van der Waals surface area contributed by atoms with Crippen molar-refractivity contribution >= 4 is 5.91 Å². The van der Waals surface area contributed by atoms with Gasteiger partial charge in [0.05, 0.1) is 5.54 Å². The first-order valence-corrected chi connectivity index (χ1v) is 8.76. The van der Waals surface area contributed by atoms with E-state index in [-0.39, 0.29) is 17.6 Å². The van der Waals surface area contributed by atoms with Gasteiger partial charge in [0.25, 0.3) is 0 Å². The molecule has 23 heavy (non-hydrogen) atoms. The van der Waals surface area contributed by atoms with Crippen LogP contribution in [-0.2, 0) is 9.63 Å². The number of benzene rings is 1. The van der Waals surface area contributed by atoms with Crippen molar-refractivity contribution in [3.05, 3.63) is 48.0 Å². The lowest BCUT2D eigenvalue weighted by molar-refractivity contribution is -0.242. The van der Waals surface area contributed by atoms with Crippen LogP contribution >= 0.6 is 0 Å². The molecule has 1 aromatic carbocycles. The van der Waals surface area contributed by atoms with E-state index in [1.165, 1.54) is 12.0 Å². The second kappa shape index (κ2) is 6.48. The molecule has 1 spiro atoms. The average molecular weight is 313 g/mol. The molecule has 3 unspecified atom stereocenters. The van der Waals surface area contributed by atoms with Crippen LogP contribution in [0.5, 0.6) is 0 Å². The molecule has 2 aliphatic rings. The summed E-state index contributed by atoms with van der Waals surface area (Å²) < 4.78 is 0. The molecule has 3 heteroatoms. The molecule has 0 bridgehead atoms. The van der Waals surface area contributed by atoms with Gasteiger partial charge in [-0.3, -0.25) is 9.63 Å². The van der Waals surface area contributed by atoms with Gasteiger partial charge in [0.15, 0.2) is 0 Å². The lowest BCUT2D eigenvalue weighted by Gasteiger charge is -2.46. The van der Waals surface area contributed by atoms with Crippen molar-refractivity contribution in [3.8, 4) is 0 Å². The predicted molar refractivity (Wildman–Crippen MR) is 91.6 cm³/mol. The third kappa shape index (κ3) is 2.94. The fourth-order valence-corrected chi connectivity index (χ4v) is 4.14. The van der Waals surface area contributed by atoms with E-state index in [1.807, 2.05) is 13.0 Å². The number of rotatable bonds is 4. The van der Waals surface area contributed by atoms with Gasteiger partial charge in [-0.2, -0.15) is 0 Å². The summed E-state index contributed by atoms with van der Waals surface area (Å²) in [4.78, 5) is 18.7. The molecule has 1 aromatic rings. The minimum absolute atomic E-state index is 0.123. The molecule has 0 radical (unpaired) electrons. The molecule has 1 saturated heterocycles. The van der Waals surface area contributed by atoms with Crippen LogP contribution in [0.1, 0.15) is 62.7 Å². The van der Waals surface area contributed by atoms with E-state index in [0.29, 0.717) is 12.3 Å². The fraction of sp³-hybridized carbons (Fsp3) is 0.550. The molecule has 1 aliphatic carbocycles. The number of hydrogen-bond donors (Lipinski definition) is 0. The van der Waals surface area contributed by atoms with Crippen LogP contribution in [0.2, 0.25) is 0 Å². The van der Waals surface area contributed by atoms with Gasteiger partial charge in [-0.15, -0.1) is 6.58 Å². The Kier molecular flexibility index (Phi) is 4.58. The zero-order valence-corrected chi connectivity index (χ0v) is 14.3.